The van der Waals surface area contributed by atoms with Crippen LogP contribution in [-0.2, 0) is 28.0 Å². The van der Waals surface area contributed by atoms with E-state index in [1.165, 1.54) is 29.5 Å². The number of guanidine groups is 1. The van der Waals surface area contributed by atoms with Crippen LogP contribution in [0.5, 0.6) is 0 Å². The summed E-state index contributed by atoms with van der Waals surface area (Å²) in [5.41, 5.74) is 3.89. The van der Waals surface area contributed by atoms with Gasteiger partial charge in [-0.25, -0.2) is 0 Å². The molecule has 32 heavy (non-hydrogen) atoms. The third-order valence-electron chi connectivity index (χ3n) is 6.21. The van der Waals surface area contributed by atoms with Crippen molar-refractivity contribution in [1.29, 1.82) is 0 Å². The summed E-state index contributed by atoms with van der Waals surface area (Å²) in [5, 5.41) is 7.74. The quantitative estimate of drug-likeness (QED) is 0.265. The predicted octanol–water partition coefficient (Wildman–Crippen LogP) is 5.05. The van der Waals surface area contributed by atoms with E-state index < -0.39 is 0 Å². The molecular formula is C25H33ClIN3O2. The Morgan fingerprint density at radius 2 is 1.84 bits per heavy atom. The number of nitrogens with one attached hydrogen (secondary N) is 2. The van der Waals surface area contributed by atoms with Crippen LogP contribution >= 0.6 is 35.6 Å². The second-order valence-electron chi connectivity index (χ2n) is 8.51. The summed E-state index contributed by atoms with van der Waals surface area (Å²) in [7, 11) is 1.81. The van der Waals surface area contributed by atoms with Crippen LogP contribution < -0.4 is 10.6 Å². The zero-order valence-electron chi connectivity index (χ0n) is 18.6. The molecule has 1 heterocycles. The molecule has 0 unspecified atom stereocenters. The molecule has 1 aliphatic heterocycles. The first-order valence-corrected chi connectivity index (χ1v) is 11.5. The average Bonchev–Trinajstić information content (AvgIpc) is 3.60. The molecule has 7 heteroatoms. The fourth-order valence-corrected chi connectivity index (χ4v) is 4.27. The van der Waals surface area contributed by atoms with Gasteiger partial charge in [0.05, 0.1) is 12.7 Å². The van der Waals surface area contributed by atoms with Gasteiger partial charge < -0.3 is 20.1 Å². The number of hydrogen-bond acceptors (Lipinski definition) is 3. The normalized spacial score (nSPS) is 18.0. The summed E-state index contributed by atoms with van der Waals surface area (Å²) in [4.78, 5) is 4.40. The summed E-state index contributed by atoms with van der Waals surface area (Å²) in [6, 6.07) is 16.8. The van der Waals surface area contributed by atoms with Crippen molar-refractivity contribution in [3.05, 3.63) is 70.2 Å². The second-order valence-corrected chi connectivity index (χ2v) is 8.95. The van der Waals surface area contributed by atoms with Crippen molar-refractivity contribution < 1.29 is 9.47 Å². The van der Waals surface area contributed by atoms with E-state index in [1.54, 1.807) is 0 Å². The SMILES string of the molecule is CN=C(NCc1cccc(COC2CCOCC2)c1)NCC1(c2cccc(Cl)c2)CC1.I. The van der Waals surface area contributed by atoms with E-state index in [1.807, 2.05) is 19.2 Å². The van der Waals surface area contributed by atoms with Crippen molar-refractivity contribution >= 4 is 41.5 Å². The van der Waals surface area contributed by atoms with E-state index in [4.69, 9.17) is 21.1 Å². The molecular weight excluding hydrogens is 537 g/mol. The molecule has 0 atom stereocenters. The van der Waals surface area contributed by atoms with Crippen LogP contribution in [0.2, 0.25) is 5.02 Å². The Morgan fingerprint density at radius 1 is 1.09 bits per heavy atom. The highest BCUT2D eigenvalue weighted by Gasteiger charge is 2.44. The third kappa shape index (κ3) is 7.07. The molecule has 1 saturated heterocycles. The van der Waals surface area contributed by atoms with Gasteiger partial charge in [0.2, 0.25) is 0 Å². The summed E-state index contributed by atoms with van der Waals surface area (Å²) in [6.07, 6.45) is 4.63. The maximum absolute atomic E-state index is 6.19. The maximum atomic E-state index is 6.19. The minimum Gasteiger partial charge on any atom is -0.381 e. The molecule has 0 bridgehead atoms. The van der Waals surface area contributed by atoms with Gasteiger partial charge in [-0.2, -0.15) is 0 Å². The van der Waals surface area contributed by atoms with Crippen LogP contribution in [0.1, 0.15) is 42.4 Å². The molecule has 1 saturated carbocycles. The van der Waals surface area contributed by atoms with Crippen LogP contribution in [0.3, 0.4) is 0 Å². The molecule has 0 amide bonds. The number of rotatable bonds is 8. The summed E-state index contributed by atoms with van der Waals surface area (Å²) in [6.45, 7) is 3.83. The summed E-state index contributed by atoms with van der Waals surface area (Å²) < 4.78 is 11.5. The Balaban J connectivity index is 0.00000289. The largest absolute Gasteiger partial charge is 0.381 e. The lowest BCUT2D eigenvalue weighted by Gasteiger charge is -2.22. The van der Waals surface area contributed by atoms with E-state index >= 15 is 0 Å². The number of aliphatic imine (C=N–C) groups is 1. The molecule has 2 aromatic rings. The van der Waals surface area contributed by atoms with Gasteiger partial charge in [0.25, 0.3) is 0 Å². The Bertz CT molecular complexity index is 898. The first-order valence-electron chi connectivity index (χ1n) is 11.1. The number of ether oxygens (including phenoxy) is 2. The van der Waals surface area contributed by atoms with Gasteiger partial charge in [0, 0.05) is 43.8 Å². The minimum absolute atomic E-state index is 0. The fourth-order valence-electron chi connectivity index (χ4n) is 4.08. The van der Waals surface area contributed by atoms with E-state index in [0.29, 0.717) is 12.7 Å². The number of benzene rings is 2. The Morgan fingerprint density at radius 3 is 2.56 bits per heavy atom. The van der Waals surface area contributed by atoms with Gasteiger partial charge in [0.15, 0.2) is 5.96 Å². The third-order valence-corrected chi connectivity index (χ3v) is 6.45. The number of halogens is 2. The highest BCUT2D eigenvalue weighted by atomic mass is 127. The number of nitrogens with zero attached hydrogens (tertiary/aromatic N) is 1. The smallest absolute Gasteiger partial charge is 0.191 e. The molecule has 2 N–H and O–H groups in total. The Labute approximate surface area is 213 Å². The molecule has 1 aliphatic carbocycles. The molecule has 0 radical (unpaired) electrons. The highest BCUT2D eigenvalue weighted by Crippen LogP contribution is 2.48. The Hall–Kier alpha value is -1.35. The van der Waals surface area contributed by atoms with Crippen LogP contribution in [0, 0.1) is 0 Å². The lowest BCUT2D eigenvalue weighted by molar-refractivity contribution is -0.0390. The zero-order chi connectivity index (χ0) is 21.5. The van der Waals surface area contributed by atoms with Gasteiger partial charge >= 0.3 is 0 Å². The van der Waals surface area contributed by atoms with Gasteiger partial charge in [-0.15, -0.1) is 24.0 Å². The van der Waals surface area contributed by atoms with E-state index in [0.717, 1.165) is 50.1 Å². The van der Waals surface area contributed by atoms with Crippen molar-refractivity contribution in [3.63, 3.8) is 0 Å². The van der Waals surface area contributed by atoms with Gasteiger partial charge in [0.1, 0.15) is 0 Å². The van der Waals surface area contributed by atoms with E-state index in [9.17, 15) is 0 Å². The molecule has 2 fully saturated rings. The molecule has 5 nitrogen and oxygen atoms in total. The zero-order valence-corrected chi connectivity index (χ0v) is 21.7. The maximum Gasteiger partial charge on any atom is 0.191 e. The van der Waals surface area contributed by atoms with Crippen molar-refractivity contribution in [2.24, 2.45) is 4.99 Å². The Kier molecular flexibility index (Phi) is 9.64. The summed E-state index contributed by atoms with van der Waals surface area (Å²) in [5.74, 6) is 0.817. The van der Waals surface area contributed by atoms with Crippen molar-refractivity contribution in [1.82, 2.24) is 10.6 Å². The molecule has 0 aromatic heterocycles. The van der Waals surface area contributed by atoms with Crippen molar-refractivity contribution in [2.75, 3.05) is 26.8 Å². The lowest BCUT2D eigenvalue weighted by Crippen LogP contribution is -2.40. The van der Waals surface area contributed by atoms with E-state index in [-0.39, 0.29) is 29.4 Å². The van der Waals surface area contributed by atoms with Gasteiger partial charge in [-0.1, -0.05) is 48.0 Å². The molecule has 174 valence electrons. The second kappa shape index (κ2) is 12.2. The molecule has 0 spiro atoms. The van der Waals surface area contributed by atoms with Crippen LogP contribution in [0.15, 0.2) is 53.5 Å². The summed E-state index contributed by atoms with van der Waals surface area (Å²) >= 11 is 6.19. The topological polar surface area (TPSA) is 54.9 Å². The first-order chi connectivity index (χ1) is 15.2. The monoisotopic (exact) mass is 569 g/mol. The van der Waals surface area contributed by atoms with Crippen LogP contribution in [0.4, 0.5) is 0 Å². The van der Waals surface area contributed by atoms with Crippen molar-refractivity contribution in [3.8, 4) is 0 Å². The predicted molar refractivity (Wildman–Crippen MR) is 141 cm³/mol. The van der Waals surface area contributed by atoms with Crippen molar-refractivity contribution in [2.45, 2.75) is 50.4 Å². The standard InChI is InChI=1S/C25H32ClN3O2.HI/c1-27-24(29-18-25(10-11-25)21-6-3-7-22(26)15-21)28-16-19-4-2-5-20(14-19)17-31-23-8-12-30-13-9-23;/h2-7,14-15,23H,8-13,16-18H2,1H3,(H2,27,28,29);1H. The first kappa shape index (κ1) is 25.3. The minimum atomic E-state index is 0. The van der Waals surface area contributed by atoms with E-state index in [2.05, 4.69) is 52.0 Å². The molecule has 2 aromatic carbocycles. The van der Waals surface area contributed by atoms with Crippen LogP contribution in [0.25, 0.3) is 0 Å². The molecule has 2 aliphatic rings. The van der Waals surface area contributed by atoms with Gasteiger partial charge in [-0.05, 0) is 54.5 Å². The average molecular weight is 570 g/mol. The lowest BCUT2D eigenvalue weighted by atomic mass is 9.96. The fraction of sp³-hybridized carbons (Fsp3) is 0.480. The number of hydrogen-bond donors (Lipinski definition) is 2. The van der Waals surface area contributed by atoms with Gasteiger partial charge in [-0.3, -0.25) is 4.99 Å². The highest BCUT2D eigenvalue weighted by molar-refractivity contribution is 14.0. The van der Waals surface area contributed by atoms with Crippen LogP contribution in [-0.4, -0.2) is 38.9 Å². The molecule has 4 rings (SSSR count).